The summed E-state index contributed by atoms with van der Waals surface area (Å²) < 4.78 is 0.583. The van der Waals surface area contributed by atoms with Crippen LogP contribution in [0.2, 0.25) is 4.34 Å². The molecule has 0 spiro atoms. The second kappa shape index (κ2) is 8.32. The molecule has 8 heteroatoms. The van der Waals surface area contributed by atoms with E-state index in [4.69, 9.17) is 16.4 Å². The van der Waals surface area contributed by atoms with Gasteiger partial charge >= 0.3 is 0 Å². The molecule has 0 saturated carbocycles. The average Bonchev–Trinajstić information content (AvgIpc) is 3.47. The molecule has 1 atom stereocenters. The van der Waals surface area contributed by atoms with Crippen LogP contribution in [0.5, 0.6) is 0 Å². The highest BCUT2D eigenvalue weighted by Gasteiger charge is 2.24. The average molecular weight is 418 g/mol. The summed E-state index contributed by atoms with van der Waals surface area (Å²) in [6.45, 7) is 2.05. The van der Waals surface area contributed by atoms with Crippen LogP contribution in [-0.4, -0.2) is 48.2 Å². The molecule has 1 N–H and O–H groups in total. The van der Waals surface area contributed by atoms with Crippen molar-refractivity contribution in [2.75, 3.05) is 19.6 Å². The first-order chi connectivity index (χ1) is 13.6. The molecule has 3 heterocycles. The molecule has 2 aromatic rings. The number of amides is 2. The fourth-order valence-electron chi connectivity index (χ4n) is 3.35. The van der Waals surface area contributed by atoms with Crippen LogP contribution >= 0.6 is 22.9 Å². The standard InChI is InChI=1S/C20H20ClN3O3S/c21-18-8-7-17(28-18)19(25)22-12-15-11-16(23-27-15)13-3-5-14(6-4-13)20(26)24-9-1-2-10-24/h3-8,15H,1-2,9-12H2,(H,22,25). The van der Waals surface area contributed by atoms with Crippen molar-refractivity contribution in [1.82, 2.24) is 10.2 Å². The molecule has 146 valence electrons. The van der Waals surface area contributed by atoms with Gasteiger partial charge in [0.1, 0.15) is 6.10 Å². The number of nitrogens with one attached hydrogen (secondary N) is 1. The number of oxime groups is 1. The zero-order chi connectivity index (χ0) is 19.5. The number of thiophene rings is 1. The Hall–Kier alpha value is -2.38. The lowest BCUT2D eigenvalue weighted by Crippen LogP contribution is -2.31. The quantitative estimate of drug-likeness (QED) is 0.808. The highest BCUT2D eigenvalue weighted by molar-refractivity contribution is 7.17. The normalized spacial score (nSPS) is 18.7. The molecule has 2 aliphatic heterocycles. The van der Waals surface area contributed by atoms with Gasteiger partial charge in [-0.05, 0) is 42.7 Å². The van der Waals surface area contributed by atoms with Crippen LogP contribution in [-0.2, 0) is 4.84 Å². The molecule has 1 unspecified atom stereocenters. The van der Waals surface area contributed by atoms with E-state index in [1.54, 1.807) is 12.1 Å². The highest BCUT2D eigenvalue weighted by Crippen LogP contribution is 2.22. The molecule has 1 fully saturated rings. The third kappa shape index (κ3) is 4.20. The first kappa shape index (κ1) is 19.0. The molecule has 0 aliphatic carbocycles. The van der Waals surface area contributed by atoms with E-state index in [1.807, 2.05) is 29.2 Å². The van der Waals surface area contributed by atoms with Gasteiger partial charge in [-0.25, -0.2) is 0 Å². The zero-order valence-electron chi connectivity index (χ0n) is 15.2. The third-order valence-corrected chi connectivity index (χ3v) is 6.11. The summed E-state index contributed by atoms with van der Waals surface area (Å²) in [5.41, 5.74) is 2.44. The fourth-order valence-corrected chi connectivity index (χ4v) is 4.31. The molecule has 1 aromatic carbocycles. The molecule has 0 bridgehead atoms. The van der Waals surface area contributed by atoms with Crippen LogP contribution in [0.25, 0.3) is 0 Å². The van der Waals surface area contributed by atoms with E-state index in [9.17, 15) is 9.59 Å². The molecule has 6 nitrogen and oxygen atoms in total. The lowest BCUT2D eigenvalue weighted by atomic mass is 10.0. The highest BCUT2D eigenvalue weighted by atomic mass is 35.5. The van der Waals surface area contributed by atoms with E-state index in [2.05, 4.69) is 10.5 Å². The largest absolute Gasteiger partial charge is 0.390 e. The van der Waals surface area contributed by atoms with Crippen LogP contribution in [0.1, 0.15) is 44.9 Å². The first-order valence-corrected chi connectivity index (χ1v) is 10.5. The van der Waals surface area contributed by atoms with Crippen molar-refractivity contribution in [3.8, 4) is 0 Å². The van der Waals surface area contributed by atoms with Gasteiger partial charge in [0.2, 0.25) is 0 Å². The van der Waals surface area contributed by atoms with Crippen molar-refractivity contribution in [3.05, 3.63) is 56.7 Å². The molecule has 2 aliphatic rings. The van der Waals surface area contributed by atoms with Crippen molar-refractivity contribution in [2.24, 2.45) is 5.16 Å². The Bertz CT molecular complexity index is 904. The van der Waals surface area contributed by atoms with Crippen LogP contribution in [0.15, 0.2) is 41.6 Å². The van der Waals surface area contributed by atoms with Crippen molar-refractivity contribution < 1.29 is 14.4 Å². The number of likely N-dealkylation sites (tertiary alicyclic amines) is 1. The maximum absolute atomic E-state index is 12.4. The summed E-state index contributed by atoms with van der Waals surface area (Å²) in [4.78, 5) is 32.4. The smallest absolute Gasteiger partial charge is 0.261 e. The fraction of sp³-hybridized carbons (Fsp3) is 0.350. The Kier molecular flexibility index (Phi) is 5.64. The molecule has 2 amide bonds. The molecule has 28 heavy (non-hydrogen) atoms. The lowest BCUT2D eigenvalue weighted by molar-refractivity contribution is 0.0755. The molecule has 1 saturated heterocycles. The van der Waals surface area contributed by atoms with Crippen molar-refractivity contribution >= 4 is 40.5 Å². The maximum atomic E-state index is 12.4. The van der Waals surface area contributed by atoms with Gasteiger partial charge in [-0.3, -0.25) is 9.59 Å². The Labute approximate surface area is 172 Å². The van der Waals surface area contributed by atoms with Crippen LogP contribution in [0, 0.1) is 0 Å². The summed E-state index contributed by atoms with van der Waals surface area (Å²) in [7, 11) is 0. The SMILES string of the molecule is O=C(NCC1CC(c2ccc(C(=O)N3CCCC3)cc2)=NO1)c1ccc(Cl)s1. The summed E-state index contributed by atoms with van der Waals surface area (Å²) in [6.07, 6.45) is 2.55. The zero-order valence-corrected chi connectivity index (χ0v) is 16.8. The maximum Gasteiger partial charge on any atom is 0.261 e. The Balaban J connectivity index is 1.30. The number of halogens is 1. The minimum absolute atomic E-state index is 0.0860. The predicted molar refractivity (Wildman–Crippen MR) is 109 cm³/mol. The van der Waals surface area contributed by atoms with E-state index in [0.29, 0.717) is 27.7 Å². The molecule has 4 rings (SSSR count). The Morgan fingerprint density at radius 1 is 1.18 bits per heavy atom. The van der Waals surface area contributed by atoms with E-state index >= 15 is 0 Å². The number of nitrogens with zero attached hydrogens (tertiary/aromatic N) is 2. The Morgan fingerprint density at radius 2 is 1.93 bits per heavy atom. The third-order valence-electron chi connectivity index (χ3n) is 4.88. The molecular formula is C20H20ClN3O3S. The van der Waals surface area contributed by atoms with Crippen LogP contribution in [0.4, 0.5) is 0 Å². The van der Waals surface area contributed by atoms with E-state index in [0.717, 1.165) is 37.2 Å². The van der Waals surface area contributed by atoms with Gasteiger partial charge in [-0.2, -0.15) is 0 Å². The second-order valence-electron chi connectivity index (χ2n) is 6.86. The number of benzene rings is 1. The molecule has 1 aromatic heterocycles. The van der Waals surface area contributed by atoms with E-state index < -0.39 is 0 Å². The number of carbonyl (C=O) groups excluding carboxylic acids is 2. The van der Waals surface area contributed by atoms with Gasteiger partial charge in [0.05, 0.1) is 21.5 Å². The molecular weight excluding hydrogens is 398 g/mol. The summed E-state index contributed by atoms with van der Waals surface area (Å²) >= 11 is 7.10. The summed E-state index contributed by atoms with van der Waals surface area (Å²) in [6, 6.07) is 10.9. The number of rotatable bonds is 5. The van der Waals surface area contributed by atoms with Gasteiger partial charge in [0.15, 0.2) is 0 Å². The van der Waals surface area contributed by atoms with Crippen molar-refractivity contribution in [2.45, 2.75) is 25.4 Å². The van der Waals surface area contributed by atoms with Gasteiger partial charge in [0, 0.05) is 25.1 Å². The lowest BCUT2D eigenvalue weighted by Gasteiger charge is -2.15. The van der Waals surface area contributed by atoms with Gasteiger partial charge in [-0.15, -0.1) is 11.3 Å². The van der Waals surface area contributed by atoms with Crippen LogP contribution in [0.3, 0.4) is 0 Å². The first-order valence-electron chi connectivity index (χ1n) is 9.26. The second-order valence-corrected chi connectivity index (χ2v) is 8.58. The minimum Gasteiger partial charge on any atom is -0.390 e. The Morgan fingerprint density at radius 3 is 2.61 bits per heavy atom. The monoisotopic (exact) mass is 417 g/mol. The van der Waals surface area contributed by atoms with Gasteiger partial charge in [-0.1, -0.05) is 28.9 Å². The predicted octanol–water partition coefficient (Wildman–Crippen LogP) is 3.56. The number of carbonyl (C=O) groups is 2. The van der Waals surface area contributed by atoms with Crippen LogP contribution < -0.4 is 5.32 Å². The molecule has 0 radical (unpaired) electrons. The summed E-state index contributed by atoms with van der Waals surface area (Å²) in [5.74, 6) is -0.0818. The summed E-state index contributed by atoms with van der Waals surface area (Å²) in [5, 5.41) is 6.99. The van der Waals surface area contributed by atoms with Crippen molar-refractivity contribution in [1.29, 1.82) is 0 Å². The van der Waals surface area contributed by atoms with Gasteiger partial charge < -0.3 is 15.1 Å². The number of hydrogen-bond acceptors (Lipinski definition) is 5. The topological polar surface area (TPSA) is 71.0 Å². The van der Waals surface area contributed by atoms with E-state index in [-0.39, 0.29) is 17.9 Å². The minimum atomic E-state index is -0.208. The van der Waals surface area contributed by atoms with Crippen molar-refractivity contribution in [3.63, 3.8) is 0 Å². The van der Waals surface area contributed by atoms with Gasteiger partial charge in [0.25, 0.3) is 11.8 Å². The van der Waals surface area contributed by atoms with E-state index in [1.165, 1.54) is 11.3 Å². The number of hydrogen-bond donors (Lipinski definition) is 1.